The van der Waals surface area contributed by atoms with E-state index >= 15 is 0 Å². The third kappa shape index (κ3) is 15.4. The van der Waals surface area contributed by atoms with Crippen molar-refractivity contribution in [1.82, 2.24) is 0 Å². The van der Waals surface area contributed by atoms with E-state index < -0.39 is 12.0 Å². The van der Waals surface area contributed by atoms with Gasteiger partial charge in [0.1, 0.15) is 0 Å². The zero-order valence-corrected chi connectivity index (χ0v) is 21.2. The van der Waals surface area contributed by atoms with Gasteiger partial charge in [-0.2, -0.15) is 10.3 Å². The average molecular weight is 469 g/mol. The van der Waals surface area contributed by atoms with Gasteiger partial charge in [0.2, 0.25) is 6.08 Å². The van der Waals surface area contributed by atoms with Crippen LogP contribution >= 0.6 is 0 Å². The van der Waals surface area contributed by atoms with Crippen LogP contribution in [0.4, 0.5) is 0 Å². The van der Waals surface area contributed by atoms with E-state index in [0.29, 0.717) is 12.2 Å². The van der Waals surface area contributed by atoms with Crippen molar-refractivity contribution in [2.45, 2.75) is 122 Å². The minimum absolute atomic E-state index is 0.263. The van der Waals surface area contributed by atoms with Crippen molar-refractivity contribution in [2.75, 3.05) is 6.61 Å². The number of nitrogens with zero attached hydrogens (tertiary/aromatic N) is 2. The van der Waals surface area contributed by atoms with Gasteiger partial charge in [0.15, 0.2) is 6.04 Å². The molecular weight excluding hydrogens is 424 g/mol. The fraction of sp³-hybridized carbons (Fsp3) is 0.690. The second-order valence-electron chi connectivity index (χ2n) is 9.22. The highest BCUT2D eigenvalue weighted by Crippen LogP contribution is 2.14. The van der Waals surface area contributed by atoms with Crippen LogP contribution in [0.5, 0.6) is 0 Å². The number of esters is 1. The Balaban J connectivity index is 1.99. The summed E-state index contributed by atoms with van der Waals surface area (Å²) in [5, 5.41) is 8.86. The lowest BCUT2D eigenvalue weighted by atomic mass is 10.0. The Hall–Kier alpha value is -2.44. The number of nitriles is 1. The Kier molecular flexibility index (Phi) is 18.4. The standard InChI is InChI=1S/C29H44N2O3/c1-2-3-4-5-6-7-8-9-10-11-12-13-14-15-16-17-22-34-29(33)28(31-25-32)23-26-18-20-27(24-30)21-19-26/h18-21,28H,2-17,22-23H2,1H3. The highest BCUT2D eigenvalue weighted by Gasteiger charge is 2.19. The molecule has 0 aliphatic heterocycles. The smallest absolute Gasteiger partial charge is 0.332 e. The fourth-order valence-electron chi connectivity index (χ4n) is 4.10. The molecule has 0 heterocycles. The van der Waals surface area contributed by atoms with Crippen LogP contribution in [0.3, 0.4) is 0 Å². The molecule has 1 aromatic rings. The molecule has 0 saturated carbocycles. The summed E-state index contributed by atoms with van der Waals surface area (Å²) in [6.45, 7) is 2.62. The van der Waals surface area contributed by atoms with E-state index in [0.717, 1.165) is 24.8 Å². The number of benzene rings is 1. The molecule has 0 aliphatic carbocycles. The van der Waals surface area contributed by atoms with E-state index in [1.807, 2.05) is 0 Å². The normalized spacial score (nSPS) is 11.4. The van der Waals surface area contributed by atoms with Crippen LogP contribution in [0, 0.1) is 11.3 Å². The number of carbonyl (C=O) groups excluding carboxylic acids is 2. The third-order valence-electron chi connectivity index (χ3n) is 6.23. The van der Waals surface area contributed by atoms with E-state index in [9.17, 15) is 9.59 Å². The maximum Gasteiger partial charge on any atom is 0.332 e. The van der Waals surface area contributed by atoms with E-state index in [1.165, 1.54) is 89.6 Å². The molecule has 0 spiro atoms. The number of ether oxygens (including phenoxy) is 1. The molecule has 0 radical (unpaired) electrons. The molecular formula is C29H44N2O3. The van der Waals surface area contributed by atoms with E-state index in [4.69, 9.17) is 10.00 Å². The summed E-state index contributed by atoms with van der Waals surface area (Å²) in [5.74, 6) is -0.492. The summed E-state index contributed by atoms with van der Waals surface area (Å²) in [6.07, 6.45) is 22.5. The van der Waals surface area contributed by atoms with Crippen molar-refractivity contribution in [3.63, 3.8) is 0 Å². The topological polar surface area (TPSA) is 79.5 Å². The van der Waals surface area contributed by atoms with Crippen LogP contribution in [0.2, 0.25) is 0 Å². The summed E-state index contributed by atoms with van der Waals surface area (Å²) in [4.78, 5) is 26.6. The SMILES string of the molecule is CCCCCCCCCCCCCCCCCCOC(=O)C(Cc1ccc(C#N)cc1)N=C=O. The maximum atomic E-state index is 12.3. The van der Waals surface area contributed by atoms with Gasteiger partial charge in [-0.1, -0.05) is 115 Å². The lowest BCUT2D eigenvalue weighted by Gasteiger charge is -2.11. The van der Waals surface area contributed by atoms with Gasteiger partial charge in [0, 0.05) is 6.42 Å². The Morgan fingerprint density at radius 2 is 1.29 bits per heavy atom. The van der Waals surface area contributed by atoms with E-state index in [2.05, 4.69) is 18.0 Å². The zero-order valence-electron chi connectivity index (χ0n) is 21.2. The highest BCUT2D eigenvalue weighted by atomic mass is 16.5. The first-order valence-corrected chi connectivity index (χ1v) is 13.4. The van der Waals surface area contributed by atoms with Gasteiger partial charge >= 0.3 is 5.97 Å². The van der Waals surface area contributed by atoms with Crippen molar-refractivity contribution in [2.24, 2.45) is 4.99 Å². The number of carbonyl (C=O) groups is 1. The molecule has 1 atom stereocenters. The van der Waals surface area contributed by atoms with Crippen LogP contribution < -0.4 is 0 Å². The second-order valence-corrected chi connectivity index (χ2v) is 9.22. The number of aliphatic imine (C=N–C) groups is 1. The van der Waals surface area contributed by atoms with Crippen LogP contribution in [-0.2, 0) is 20.7 Å². The summed E-state index contributed by atoms with van der Waals surface area (Å²) < 4.78 is 5.33. The molecule has 5 heteroatoms. The molecule has 0 bridgehead atoms. The Labute approximate surface area is 207 Å². The Morgan fingerprint density at radius 3 is 1.74 bits per heavy atom. The summed E-state index contributed by atoms with van der Waals surface area (Å²) in [6, 6.07) is 8.05. The van der Waals surface area contributed by atoms with Crippen molar-refractivity contribution in [3.8, 4) is 6.07 Å². The average Bonchev–Trinajstić information content (AvgIpc) is 2.86. The number of hydrogen-bond acceptors (Lipinski definition) is 5. The van der Waals surface area contributed by atoms with Gasteiger partial charge in [-0.15, -0.1) is 0 Å². The maximum absolute atomic E-state index is 12.3. The molecule has 0 aromatic heterocycles. The Bertz CT molecular complexity index is 733. The molecule has 34 heavy (non-hydrogen) atoms. The lowest BCUT2D eigenvalue weighted by molar-refractivity contribution is -0.145. The molecule has 0 amide bonds. The molecule has 1 unspecified atom stereocenters. The molecule has 0 saturated heterocycles. The van der Waals surface area contributed by atoms with Crippen LogP contribution in [-0.4, -0.2) is 24.7 Å². The van der Waals surface area contributed by atoms with Gasteiger partial charge in [-0.25, -0.2) is 9.59 Å². The minimum Gasteiger partial charge on any atom is -0.464 e. The number of hydrogen-bond donors (Lipinski definition) is 0. The molecule has 188 valence electrons. The fourth-order valence-corrected chi connectivity index (χ4v) is 4.10. The van der Waals surface area contributed by atoms with Crippen LogP contribution in [0.25, 0.3) is 0 Å². The first-order chi connectivity index (χ1) is 16.7. The lowest BCUT2D eigenvalue weighted by Crippen LogP contribution is -2.24. The minimum atomic E-state index is -0.883. The van der Waals surface area contributed by atoms with Crippen molar-refractivity contribution < 1.29 is 14.3 Å². The van der Waals surface area contributed by atoms with Gasteiger partial charge in [0.05, 0.1) is 18.2 Å². The van der Waals surface area contributed by atoms with Crippen molar-refractivity contribution in [1.29, 1.82) is 5.26 Å². The largest absolute Gasteiger partial charge is 0.464 e. The molecule has 0 N–H and O–H groups in total. The molecule has 0 aliphatic rings. The molecule has 5 nitrogen and oxygen atoms in total. The number of unbranched alkanes of at least 4 members (excludes halogenated alkanes) is 15. The predicted octanol–water partition coefficient (Wildman–Crippen LogP) is 7.61. The summed E-state index contributed by atoms with van der Waals surface area (Å²) in [7, 11) is 0. The second kappa shape index (κ2) is 21.1. The number of rotatable bonds is 21. The molecule has 1 rings (SSSR count). The molecule has 0 fully saturated rings. The number of isocyanates is 1. The van der Waals surface area contributed by atoms with Crippen LogP contribution in [0.15, 0.2) is 29.3 Å². The van der Waals surface area contributed by atoms with Gasteiger partial charge in [-0.3, -0.25) is 0 Å². The quantitative estimate of drug-likeness (QED) is 0.0804. The van der Waals surface area contributed by atoms with Gasteiger partial charge < -0.3 is 4.74 Å². The molecule has 1 aromatic carbocycles. The summed E-state index contributed by atoms with van der Waals surface area (Å²) >= 11 is 0. The first kappa shape index (κ1) is 29.6. The van der Waals surface area contributed by atoms with Crippen molar-refractivity contribution >= 4 is 12.0 Å². The predicted molar refractivity (Wildman–Crippen MR) is 137 cm³/mol. The van der Waals surface area contributed by atoms with E-state index in [1.54, 1.807) is 24.3 Å². The zero-order chi connectivity index (χ0) is 24.7. The van der Waals surface area contributed by atoms with Crippen molar-refractivity contribution in [3.05, 3.63) is 35.4 Å². The van der Waals surface area contributed by atoms with Gasteiger partial charge in [0.25, 0.3) is 0 Å². The van der Waals surface area contributed by atoms with E-state index in [-0.39, 0.29) is 6.42 Å². The summed E-state index contributed by atoms with van der Waals surface area (Å²) in [5.41, 5.74) is 1.37. The third-order valence-corrected chi connectivity index (χ3v) is 6.23. The Morgan fingerprint density at radius 1 is 0.824 bits per heavy atom. The van der Waals surface area contributed by atoms with Crippen LogP contribution in [0.1, 0.15) is 121 Å². The first-order valence-electron chi connectivity index (χ1n) is 13.4. The van der Waals surface area contributed by atoms with Gasteiger partial charge in [-0.05, 0) is 24.1 Å². The monoisotopic (exact) mass is 468 g/mol. The highest BCUT2D eigenvalue weighted by molar-refractivity contribution is 5.77.